The number of hydrogen-bond donors (Lipinski definition) is 1. The average molecular weight is 457 g/mol. The van der Waals surface area contributed by atoms with E-state index in [2.05, 4.69) is 13.2 Å². The van der Waals surface area contributed by atoms with Crippen LogP contribution >= 0.6 is 0 Å². The lowest BCUT2D eigenvalue weighted by atomic mass is 11.3. The van der Waals surface area contributed by atoms with Gasteiger partial charge >= 0.3 is 42.8 Å². The summed E-state index contributed by atoms with van der Waals surface area (Å²) in [5.74, 6) is 0. The molecular weight excluding hydrogens is 421 g/mol. The van der Waals surface area contributed by atoms with Crippen molar-refractivity contribution in [1.82, 2.24) is 0 Å². The Balaban J connectivity index is 5.40. The van der Waals surface area contributed by atoms with Crippen molar-refractivity contribution in [1.29, 1.82) is 0 Å². The summed E-state index contributed by atoms with van der Waals surface area (Å²) in [7, 11) is -10.1. The van der Waals surface area contributed by atoms with Crippen molar-refractivity contribution < 1.29 is 30.4 Å². The number of aliphatic hydroxyl groups is 1. The van der Waals surface area contributed by atoms with Gasteiger partial charge in [-0.1, -0.05) is 11.4 Å². The van der Waals surface area contributed by atoms with Crippen LogP contribution in [0.4, 0.5) is 0 Å². The summed E-state index contributed by atoms with van der Waals surface area (Å²) in [6.07, 6.45) is -0.165. The zero-order valence-electron chi connectivity index (χ0n) is 17.7. The highest BCUT2D eigenvalue weighted by atomic mass is 28.5. The zero-order valence-corrected chi connectivity index (χ0v) is 22.7. The van der Waals surface area contributed by atoms with Crippen molar-refractivity contribution in [3.8, 4) is 0 Å². The number of aliphatic hydroxyl groups excluding tert-OH is 1. The normalized spacial score (nSPS) is 19.9. The van der Waals surface area contributed by atoms with Crippen LogP contribution in [0.1, 0.15) is 0 Å². The molecule has 0 aliphatic carbocycles. The molecule has 0 radical (unpaired) electrons. The second-order valence-electron chi connectivity index (χ2n) is 7.35. The summed E-state index contributed by atoms with van der Waals surface area (Å²) in [5.41, 5.74) is 3.43. The van der Waals surface area contributed by atoms with E-state index in [0.29, 0.717) is 0 Å². The third-order valence-corrected chi connectivity index (χ3v) is 21.7. The van der Waals surface area contributed by atoms with Crippen LogP contribution < -0.4 is 0 Å². The molecule has 26 heavy (non-hydrogen) atoms. The van der Waals surface area contributed by atoms with Gasteiger partial charge in [0.15, 0.2) is 0 Å². The first kappa shape index (κ1) is 26.3. The molecule has 0 aromatic heterocycles. The average Bonchev–Trinajstić information content (AvgIpc) is 2.52. The Labute approximate surface area is 164 Å². The number of hydrogen-bond acceptors (Lipinski definition) is 7. The molecule has 7 nitrogen and oxygen atoms in total. The minimum Gasteiger partial charge on any atom is -0.413 e. The largest absolute Gasteiger partial charge is 0.413 e. The van der Waals surface area contributed by atoms with Crippen molar-refractivity contribution in [3.63, 3.8) is 0 Å². The highest BCUT2D eigenvalue weighted by Gasteiger charge is 2.48. The lowest BCUT2D eigenvalue weighted by molar-refractivity contribution is 0.216. The van der Waals surface area contributed by atoms with Crippen molar-refractivity contribution in [2.75, 3.05) is 20.4 Å². The quantitative estimate of drug-likeness (QED) is 0.427. The molecule has 12 heteroatoms. The molecule has 0 saturated heterocycles. The topological polar surface area (TPSA) is 75.6 Å². The molecule has 0 spiro atoms. The summed E-state index contributed by atoms with van der Waals surface area (Å²) < 4.78 is 36.0. The van der Waals surface area contributed by atoms with Gasteiger partial charge in [-0.05, 0) is 45.8 Å². The van der Waals surface area contributed by atoms with E-state index in [4.69, 9.17) is 25.3 Å². The van der Waals surface area contributed by atoms with Crippen molar-refractivity contribution in [2.45, 2.75) is 45.8 Å². The minimum atomic E-state index is -2.83. The molecule has 0 bridgehead atoms. The second kappa shape index (κ2) is 9.66. The first-order valence-electron chi connectivity index (χ1n) is 8.42. The van der Waals surface area contributed by atoms with Gasteiger partial charge in [0.25, 0.3) is 0 Å². The Morgan fingerprint density at radius 2 is 1.08 bits per heavy atom. The third-order valence-electron chi connectivity index (χ3n) is 3.72. The highest BCUT2D eigenvalue weighted by Crippen LogP contribution is 2.27. The summed E-state index contributed by atoms with van der Waals surface area (Å²) in [6.45, 7) is 21.2. The lowest BCUT2D eigenvalue weighted by Gasteiger charge is -2.41. The Kier molecular flexibility index (Phi) is 9.77. The smallest absolute Gasteiger partial charge is 0.352 e. The molecular formula is C14H36O7Si5. The maximum Gasteiger partial charge on any atom is 0.352 e. The van der Waals surface area contributed by atoms with E-state index in [-0.39, 0.29) is 6.23 Å². The van der Waals surface area contributed by atoms with E-state index in [1.807, 2.05) is 39.3 Å². The van der Waals surface area contributed by atoms with Gasteiger partial charge < -0.3 is 30.4 Å². The van der Waals surface area contributed by atoms with E-state index in [0.717, 1.165) is 0 Å². The molecule has 0 aliphatic heterocycles. The van der Waals surface area contributed by atoms with Crippen LogP contribution in [0.5, 0.6) is 0 Å². The third kappa shape index (κ3) is 8.53. The van der Waals surface area contributed by atoms with Gasteiger partial charge in [0.05, 0.1) is 6.23 Å². The summed E-state index contributed by atoms with van der Waals surface area (Å²) in [5, 5.41) is 9.61. The van der Waals surface area contributed by atoms with Gasteiger partial charge in [-0.15, -0.1) is 13.2 Å². The monoisotopic (exact) mass is 456 g/mol. The molecule has 1 N–H and O–H groups in total. The molecule has 0 fully saturated rings. The molecule has 0 rings (SSSR count). The van der Waals surface area contributed by atoms with Gasteiger partial charge in [0.2, 0.25) is 0 Å². The van der Waals surface area contributed by atoms with E-state index in [1.165, 1.54) is 7.11 Å². The highest BCUT2D eigenvalue weighted by molar-refractivity contribution is 6.92. The first-order valence-corrected chi connectivity index (χ1v) is 21.4. The van der Waals surface area contributed by atoms with Crippen LogP contribution in [0.25, 0.3) is 0 Å². The van der Waals surface area contributed by atoms with E-state index in [9.17, 15) is 5.11 Å². The number of rotatable bonds is 13. The van der Waals surface area contributed by atoms with Crippen LogP contribution in [0, 0.1) is 0 Å². The molecule has 154 valence electrons. The van der Waals surface area contributed by atoms with Gasteiger partial charge in [0.1, 0.15) is 0 Å². The molecule has 0 amide bonds. The maximum atomic E-state index is 9.61. The van der Waals surface area contributed by atoms with E-state index < -0.39 is 42.8 Å². The molecule has 0 aromatic carbocycles. The predicted molar refractivity (Wildman–Crippen MR) is 116 cm³/mol. The fourth-order valence-electron chi connectivity index (χ4n) is 2.30. The van der Waals surface area contributed by atoms with Crippen LogP contribution in [-0.4, -0.2) is 68.4 Å². The molecule has 0 aliphatic rings. The molecule has 3 atom stereocenters. The van der Waals surface area contributed by atoms with Gasteiger partial charge in [-0.25, -0.2) is 0 Å². The van der Waals surface area contributed by atoms with Gasteiger partial charge in [0, 0.05) is 14.2 Å². The van der Waals surface area contributed by atoms with Crippen molar-refractivity contribution in [2.24, 2.45) is 0 Å². The Hall–Kier alpha value is 0.284. The van der Waals surface area contributed by atoms with Gasteiger partial charge in [-0.2, -0.15) is 0 Å². The summed E-state index contributed by atoms with van der Waals surface area (Å²) in [4.78, 5) is 0. The molecule has 0 aromatic rings. The molecule has 0 saturated carbocycles. The van der Waals surface area contributed by atoms with Crippen LogP contribution in [0.15, 0.2) is 24.6 Å². The summed E-state index contributed by atoms with van der Waals surface area (Å²) in [6, 6.07) is 0. The molecule has 0 heterocycles. The Morgan fingerprint density at radius 1 is 0.692 bits per heavy atom. The summed E-state index contributed by atoms with van der Waals surface area (Å²) >= 11 is 0. The van der Waals surface area contributed by atoms with Crippen LogP contribution in [0.2, 0.25) is 45.8 Å². The van der Waals surface area contributed by atoms with Crippen molar-refractivity contribution in [3.05, 3.63) is 24.6 Å². The molecule has 3 unspecified atom stereocenters. The zero-order chi connectivity index (χ0) is 20.9. The standard InChI is InChI=1S/C14H36O7Si5/c1-12-24(9,18-22(5,6)16-3)19-23(7,8)20-25(10,13-2)21-26(11,14-15)17-4/h12-13,15H,1-2,14H2,3-11H3. The van der Waals surface area contributed by atoms with E-state index in [1.54, 1.807) is 25.1 Å². The maximum absolute atomic E-state index is 9.61. The SMILES string of the molecule is C=C[Si](C)(O[Si](C)(C)OC)O[Si](C)(C)O[Si](C)(C=C)O[Si](C)(CO)OC. The first-order chi connectivity index (χ1) is 11.6. The van der Waals surface area contributed by atoms with E-state index >= 15 is 0 Å². The fourth-order valence-corrected chi connectivity index (χ4v) is 21.5. The fraction of sp³-hybridized carbons (Fsp3) is 0.714. The van der Waals surface area contributed by atoms with Gasteiger partial charge in [-0.3, -0.25) is 0 Å². The minimum absolute atomic E-state index is 0.165. The van der Waals surface area contributed by atoms with Crippen LogP contribution in [0.3, 0.4) is 0 Å². The van der Waals surface area contributed by atoms with Crippen molar-refractivity contribution >= 4 is 42.8 Å². The lowest BCUT2D eigenvalue weighted by Crippen LogP contribution is -2.61. The van der Waals surface area contributed by atoms with Crippen LogP contribution in [-0.2, 0) is 25.3 Å². The predicted octanol–water partition coefficient (Wildman–Crippen LogP) is 2.95. The Morgan fingerprint density at radius 3 is 1.38 bits per heavy atom. The Bertz CT molecular complexity index is 486. The second-order valence-corrected chi connectivity index (χ2v) is 24.5.